The summed E-state index contributed by atoms with van der Waals surface area (Å²) in [6, 6.07) is 3.36. The first kappa shape index (κ1) is 15.7. The van der Waals surface area contributed by atoms with Crippen LogP contribution in [0.1, 0.15) is 5.56 Å². The van der Waals surface area contributed by atoms with Crippen LogP contribution in [0.5, 0.6) is 11.5 Å². The normalized spacial score (nSPS) is 11.6. The first-order valence-corrected chi connectivity index (χ1v) is 5.80. The maximum atomic E-state index is 12.4. The third kappa shape index (κ3) is 4.11. The van der Waals surface area contributed by atoms with Crippen LogP contribution < -0.4 is 14.8 Å². The Morgan fingerprint density at radius 3 is 2.55 bits per heavy atom. The molecule has 110 valence electrons. The van der Waals surface area contributed by atoms with Gasteiger partial charge in [0.05, 0.1) is 20.6 Å². The van der Waals surface area contributed by atoms with E-state index in [1.54, 1.807) is 18.2 Å². The van der Waals surface area contributed by atoms with E-state index in [9.17, 15) is 14.0 Å². The summed E-state index contributed by atoms with van der Waals surface area (Å²) in [5.41, 5.74) is 0.521. The zero-order valence-electron chi connectivity index (χ0n) is 11.2. The van der Waals surface area contributed by atoms with Gasteiger partial charge in [0, 0.05) is 5.56 Å². The van der Waals surface area contributed by atoms with E-state index in [0.29, 0.717) is 17.1 Å². The summed E-state index contributed by atoms with van der Waals surface area (Å²) in [6.45, 7) is -1.17. The molecule has 1 amide bonds. The standard InChI is InChI=1S/C13H16FNO5/c1-19-9-3-4-11(20-2)8(5-9)6-12(16)15-10(7-14)13(17)18/h3-5,10H,6-7H2,1-2H3,(H,15,16)(H,17,18). The average Bonchev–Trinajstić information content (AvgIpc) is 2.44. The lowest BCUT2D eigenvalue weighted by Crippen LogP contribution is -2.43. The molecular formula is C13H16FNO5. The number of amides is 1. The fraction of sp³-hybridized carbons (Fsp3) is 0.385. The highest BCUT2D eigenvalue weighted by Crippen LogP contribution is 2.24. The molecule has 1 atom stereocenters. The summed E-state index contributed by atoms with van der Waals surface area (Å²) in [4.78, 5) is 22.4. The van der Waals surface area contributed by atoms with Gasteiger partial charge >= 0.3 is 5.97 Å². The molecule has 2 N–H and O–H groups in total. The molecule has 1 unspecified atom stereocenters. The second-order valence-corrected chi connectivity index (χ2v) is 3.97. The summed E-state index contributed by atoms with van der Waals surface area (Å²) < 4.78 is 22.6. The van der Waals surface area contributed by atoms with Crippen LogP contribution in [0.25, 0.3) is 0 Å². The van der Waals surface area contributed by atoms with Gasteiger partial charge in [0.25, 0.3) is 0 Å². The highest BCUT2D eigenvalue weighted by Gasteiger charge is 2.20. The quantitative estimate of drug-likeness (QED) is 0.773. The Morgan fingerprint density at radius 2 is 2.05 bits per heavy atom. The molecule has 0 saturated carbocycles. The van der Waals surface area contributed by atoms with Crippen molar-refractivity contribution in [2.45, 2.75) is 12.5 Å². The molecule has 0 aliphatic heterocycles. The number of carboxylic acids is 1. The minimum Gasteiger partial charge on any atom is -0.497 e. The molecule has 0 spiro atoms. The number of carboxylic acid groups (broad SMARTS) is 1. The number of halogens is 1. The Labute approximate surface area is 115 Å². The number of methoxy groups -OCH3 is 2. The molecule has 0 bridgehead atoms. The number of carbonyl (C=O) groups is 2. The van der Waals surface area contributed by atoms with Crippen molar-refractivity contribution >= 4 is 11.9 Å². The number of hydrogen-bond donors (Lipinski definition) is 2. The van der Waals surface area contributed by atoms with Crippen molar-refractivity contribution in [3.8, 4) is 11.5 Å². The Hall–Kier alpha value is -2.31. The SMILES string of the molecule is COc1ccc(OC)c(CC(=O)NC(CF)C(=O)O)c1. The molecule has 0 saturated heterocycles. The summed E-state index contributed by atoms with van der Waals surface area (Å²) in [5.74, 6) is -1.03. The summed E-state index contributed by atoms with van der Waals surface area (Å²) in [6.07, 6.45) is -0.135. The monoisotopic (exact) mass is 285 g/mol. The molecule has 6 nitrogen and oxygen atoms in total. The van der Waals surface area contributed by atoms with Gasteiger partial charge in [0.15, 0.2) is 6.04 Å². The molecular weight excluding hydrogens is 269 g/mol. The molecule has 1 rings (SSSR count). The molecule has 0 aliphatic carbocycles. The van der Waals surface area contributed by atoms with Crippen molar-refractivity contribution in [1.29, 1.82) is 0 Å². The van der Waals surface area contributed by atoms with Gasteiger partial charge in [-0.05, 0) is 18.2 Å². The lowest BCUT2D eigenvalue weighted by atomic mass is 10.1. The zero-order chi connectivity index (χ0) is 15.1. The average molecular weight is 285 g/mol. The van der Waals surface area contributed by atoms with Gasteiger partial charge < -0.3 is 19.9 Å². The second-order valence-electron chi connectivity index (χ2n) is 3.97. The predicted octanol–water partition coefficient (Wildman–Crippen LogP) is 0.785. The largest absolute Gasteiger partial charge is 0.497 e. The van der Waals surface area contributed by atoms with E-state index in [-0.39, 0.29) is 6.42 Å². The minimum absolute atomic E-state index is 0.135. The topological polar surface area (TPSA) is 84.9 Å². The van der Waals surface area contributed by atoms with Crippen LogP contribution >= 0.6 is 0 Å². The number of ether oxygens (including phenoxy) is 2. The van der Waals surface area contributed by atoms with Crippen molar-refractivity contribution in [3.05, 3.63) is 23.8 Å². The van der Waals surface area contributed by atoms with E-state index in [1.165, 1.54) is 14.2 Å². The van der Waals surface area contributed by atoms with Crippen LogP contribution in [0, 0.1) is 0 Å². The molecule has 1 aromatic carbocycles. The Morgan fingerprint density at radius 1 is 1.35 bits per heavy atom. The molecule has 0 aromatic heterocycles. The van der Waals surface area contributed by atoms with Gasteiger partial charge in [-0.15, -0.1) is 0 Å². The highest BCUT2D eigenvalue weighted by atomic mass is 19.1. The molecule has 0 fully saturated rings. The van der Waals surface area contributed by atoms with E-state index in [0.717, 1.165) is 0 Å². The van der Waals surface area contributed by atoms with Gasteiger partial charge in [-0.2, -0.15) is 0 Å². The second kappa shape index (κ2) is 7.32. The number of carbonyl (C=O) groups excluding carboxylic acids is 1. The van der Waals surface area contributed by atoms with Crippen molar-refractivity contribution in [2.24, 2.45) is 0 Å². The molecule has 0 radical (unpaired) electrons. The van der Waals surface area contributed by atoms with E-state index < -0.39 is 24.6 Å². The van der Waals surface area contributed by atoms with Gasteiger partial charge in [-0.3, -0.25) is 4.79 Å². The van der Waals surface area contributed by atoms with Crippen LogP contribution in [0.4, 0.5) is 4.39 Å². The minimum atomic E-state index is -1.54. The van der Waals surface area contributed by atoms with Gasteiger partial charge in [-0.25, -0.2) is 9.18 Å². The molecule has 0 aliphatic rings. The fourth-order valence-electron chi connectivity index (χ4n) is 1.60. The highest BCUT2D eigenvalue weighted by molar-refractivity contribution is 5.85. The summed E-state index contributed by atoms with van der Waals surface area (Å²) >= 11 is 0. The molecule has 7 heteroatoms. The number of alkyl halides is 1. The first-order chi connectivity index (χ1) is 9.51. The summed E-state index contributed by atoms with van der Waals surface area (Å²) in [7, 11) is 2.93. The Kier molecular flexibility index (Phi) is 5.76. The zero-order valence-corrected chi connectivity index (χ0v) is 11.2. The van der Waals surface area contributed by atoms with Crippen LogP contribution in [-0.4, -0.2) is 43.9 Å². The molecule has 0 heterocycles. The van der Waals surface area contributed by atoms with E-state index >= 15 is 0 Å². The van der Waals surface area contributed by atoms with Crippen LogP contribution in [0.3, 0.4) is 0 Å². The van der Waals surface area contributed by atoms with Gasteiger partial charge in [0.2, 0.25) is 5.91 Å². The van der Waals surface area contributed by atoms with Gasteiger partial charge in [0.1, 0.15) is 18.2 Å². The van der Waals surface area contributed by atoms with E-state index in [1.807, 2.05) is 0 Å². The van der Waals surface area contributed by atoms with E-state index in [4.69, 9.17) is 14.6 Å². The third-order valence-corrected chi connectivity index (χ3v) is 2.63. The van der Waals surface area contributed by atoms with Crippen molar-refractivity contribution in [3.63, 3.8) is 0 Å². The smallest absolute Gasteiger partial charge is 0.328 e. The Bertz CT molecular complexity index is 492. The fourth-order valence-corrected chi connectivity index (χ4v) is 1.60. The lowest BCUT2D eigenvalue weighted by molar-refractivity contribution is -0.142. The number of hydrogen-bond acceptors (Lipinski definition) is 4. The van der Waals surface area contributed by atoms with Crippen LogP contribution in [0.15, 0.2) is 18.2 Å². The van der Waals surface area contributed by atoms with Crippen LogP contribution in [0.2, 0.25) is 0 Å². The number of nitrogens with one attached hydrogen (secondary N) is 1. The number of aliphatic carboxylic acids is 1. The summed E-state index contributed by atoms with van der Waals surface area (Å²) in [5, 5.41) is 10.8. The van der Waals surface area contributed by atoms with E-state index in [2.05, 4.69) is 5.32 Å². The van der Waals surface area contributed by atoms with Gasteiger partial charge in [-0.1, -0.05) is 0 Å². The maximum Gasteiger partial charge on any atom is 0.328 e. The molecule has 1 aromatic rings. The lowest BCUT2D eigenvalue weighted by Gasteiger charge is -2.13. The van der Waals surface area contributed by atoms with Crippen molar-refractivity contribution in [2.75, 3.05) is 20.9 Å². The third-order valence-electron chi connectivity index (χ3n) is 2.63. The van der Waals surface area contributed by atoms with Crippen LogP contribution in [-0.2, 0) is 16.0 Å². The maximum absolute atomic E-state index is 12.4. The predicted molar refractivity (Wildman–Crippen MR) is 68.8 cm³/mol. The van der Waals surface area contributed by atoms with Crippen molar-refractivity contribution in [1.82, 2.24) is 5.32 Å². The first-order valence-electron chi connectivity index (χ1n) is 5.80. The number of rotatable bonds is 7. The Balaban J connectivity index is 2.81. The molecule has 20 heavy (non-hydrogen) atoms. The van der Waals surface area contributed by atoms with Crippen molar-refractivity contribution < 1.29 is 28.6 Å². The number of benzene rings is 1.